The van der Waals surface area contributed by atoms with Crippen molar-refractivity contribution in [2.45, 2.75) is 39.0 Å². The fourth-order valence-corrected chi connectivity index (χ4v) is 2.75. The lowest BCUT2D eigenvalue weighted by molar-refractivity contribution is 0.300. The monoisotopic (exact) mass is 257 g/mol. The molecule has 0 spiro atoms. The van der Waals surface area contributed by atoms with Crippen molar-refractivity contribution >= 4 is 11.4 Å². The molecule has 19 heavy (non-hydrogen) atoms. The van der Waals surface area contributed by atoms with Crippen LogP contribution in [0, 0.1) is 23.2 Å². The number of hydrogen-bond acceptors (Lipinski definition) is 3. The van der Waals surface area contributed by atoms with Crippen LogP contribution < -0.4 is 11.1 Å². The van der Waals surface area contributed by atoms with Crippen LogP contribution in [0.2, 0.25) is 0 Å². The maximum Gasteiger partial charge on any atom is 0.0670 e. The Labute approximate surface area is 115 Å². The van der Waals surface area contributed by atoms with Gasteiger partial charge in [0.15, 0.2) is 0 Å². The van der Waals surface area contributed by atoms with Crippen molar-refractivity contribution in [2.24, 2.45) is 11.8 Å². The molecule has 3 nitrogen and oxygen atoms in total. The van der Waals surface area contributed by atoms with Crippen LogP contribution in [0.15, 0.2) is 18.2 Å². The van der Waals surface area contributed by atoms with Crippen LogP contribution in [0.25, 0.3) is 0 Å². The van der Waals surface area contributed by atoms with Crippen molar-refractivity contribution in [3.63, 3.8) is 0 Å². The molecule has 3 N–H and O–H groups in total. The fraction of sp³-hybridized carbons (Fsp3) is 0.562. The van der Waals surface area contributed by atoms with Gasteiger partial charge in [-0.15, -0.1) is 0 Å². The van der Waals surface area contributed by atoms with Crippen LogP contribution in [0.5, 0.6) is 0 Å². The average molecular weight is 257 g/mol. The van der Waals surface area contributed by atoms with E-state index >= 15 is 0 Å². The van der Waals surface area contributed by atoms with Gasteiger partial charge < -0.3 is 11.1 Å². The van der Waals surface area contributed by atoms with E-state index in [1.165, 1.54) is 25.7 Å². The standard InChI is InChI=1S/C16H23N3/c1-12-2-4-13(5-3-12)11-19-15-6-7-16(18)14(10-15)8-9-17/h6-7,10,12-13,19H,2-5,8,11,18H2,1H3. The van der Waals surface area contributed by atoms with E-state index in [2.05, 4.69) is 18.3 Å². The molecular formula is C16H23N3. The van der Waals surface area contributed by atoms with Gasteiger partial charge >= 0.3 is 0 Å². The molecule has 2 rings (SSSR count). The van der Waals surface area contributed by atoms with Gasteiger partial charge in [-0.1, -0.05) is 19.8 Å². The Hall–Kier alpha value is -1.69. The molecule has 1 aliphatic rings. The van der Waals surface area contributed by atoms with Crippen molar-refractivity contribution < 1.29 is 0 Å². The Kier molecular flexibility index (Phi) is 4.68. The highest BCUT2D eigenvalue weighted by molar-refractivity contribution is 5.58. The summed E-state index contributed by atoms with van der Waals surface area (Å²) in [5.41, 5.74) is 8.56. The van der Waals surface area contributed by atoms with Gasteiger partial charge in [0.25, 0.3) is 0 Å². The molecule has 0 atom stereocenters. The Morgan fingerprint density at radius 3 is 2.74 bits per heavy atom. The molecule has 1 aromatic carbocycles. The molecule has 3 heteroatoms. The van der Waals surface area contributed by atoms with Gasteiger partial charge in [0.1, 0.15) is 0 Å². The molecule has 0 aromatic heterocycles. The first-order valence-electron chi connectivity index (χ1n) is 7.18. The van der Waals surface area contributed by atoms with Gasteiger partial charge in [-0.25, -0.2) is 0 Å². The molecule has 1 saturated carbocycles. The minimum absolute atomic E-state index is 0.377. The van der Waals surface area contributed by atoms with Crippen LogP contribution in [0.4, 0.5) is 11.4 Å². The smallest absolute Gasteiger partial charge is 0.0670 e. The van der Waals surface area contributed by atoms with Gasteiger partial charge in [-0.2, -0.15) is 5.26 Å². The summed E-state index contributed by atoms with van der Waals surface area (Å²) in [7, 11) is 0. The van der Waals surface area contributed by atoms with Crippen molar-refractivity contribution in [2.75, 3.05) is 17.6 Å². The molecular weight excluding hydrogens is 234 g/mol. The molecule has 0 radical (unpaired) electrons. The SMILES string of the molecule is CC1CCC(CNc2ccc(N)c(CC#N)c2)CC1. The largest absolute Gasteiger partial charge is 0.398 e. The third-order valence-electron chi connectivity index (χ3n) is 4.14. The maximum absolute atomic E-state index is 8.77. The molecule has 1 fully saturated rings. The van der Waals surface area contributed by atoms with E-state index in [1.807, 2.05) is 18.2 Å². The van der Waals surface area contributed by atoms with Crippen LogP contribution in [-0.2, 0) is 6.42 Å². The second kappa shape index (κ2) is 6.47. The molecule has 0 unspecified atom stereocenters. The molecule has 0 saturated heterocycles. The molecule has 0 amide bonds. The first-order valence-corrected chi connectivity index (χ1v) is 7.18. The Balaban J connectivity index is 1.89. The zero-order valence-electron chi connectivity index (χ0n) is 11.7. The summed E-state index contributed by atoms with van der Waals surface area (Å²) in [6, 6.07) is 8.05. The lowest BCUT2D eigenvalue weighted by Gasteiger charge is -2.26. The minimum Gasteiger partial charge on any atom is -0.398 e. The summed E-state index contributed by atoms with van der Waals surface area (Å²) in [5, 5.41) is 12.3. The molecule has 0 bridgehead atoms. The van der Waals surface area contributed by atoms with Crippen LogP contribution in [-0.4, -0.2) is 6.54 Å². The van der Waals surface area contributed by atoms with E-state index in [9.17, 15) is 0 Å². The number of nitriles is 1. The molecule has 0 aliphatic heterocycles. The minimum atomic E-state index is 0.377. The second-order valence-electron chi connectivity index (χ2n) is 5.76. The van der Waals surface area contributed by atoms with Gasteiger partial charge in [0, 0.05) is 17.9 Å². The number of anilines is 2. The average Bonchev–Trinajstić information content (AvgIpc) is 2.42. The van der Waals surface area contributed by atoms with E-state index < -0.39 is 0 Å². The van der Waals surface area contributed by atoms with Crippen LogP contribution >= 0.6 is 0 Å². The second-order valence-corrected chi connectivity index (χ2v) is 5.76. The normalized spacial score (nSPS) is 22.7. The zero-order valence-corrected chi connectivity index (χ0v) is 11.7. The Morgan fingerprint density at radius 2 is 2.05 bits per heavy atom. The number of nitrogen functional groups attached to an aromatic ring is 1. The van der Waals surface area contributed by atoms with Crippen LogP contribution in [0.3, 0.4) is 0 Å². The predicted octanol–water partition coefficient (Wildman–Crippen LogP) is 3.57. The van der Waals surface area contributed by atoms with Crippen molar-refractivity contribution in [1.82, 2.24) is 0 Å². The van der Waals surface area contributed by atoms with E-state index in [0.29, 0.717) is 12.1 Å². The summed E-state index contributed by atoms with van der Waals surface area (Å²) in [5.74, 6) is 1.68. The number of benzene rings is 1. The van der Waals surface area contributed by atoms with Crippen molar-refractivity contribution in [3.8, 4) is 6.07 Å². The van der Waals surface area contributed by atoms with Gasteiger partial charge in [-0.05, 0) is 48.4 Å². The first kappa shape index (κ1) is 13.7. The number of hydrogen-bond donors (Lipinski definition) is 2. The van der Waals surface area contributed by atoms with E-state index in [0.717, 1.165) is 29.6 Å². The number of nitrogens with two attached hydrogens (primary N) is 1. The highest BCUT2D eigenvalue weighted by Crippen LogP contribution is 2.28. The Bertz CT molecular complexity index is 454. The van der Waals surface area contributed by atoms with Gasteiger partial charge in [0.2, 0.25) is 0 Å². The summed E-state index contributed by atoms with van der Waals surface area (Å²) >= 11 is 0. The highest BCUT2D eigenvalue weighted by atomic mass is 14.9. The third-order valence-corrected chi connectivity index (χ3v) is 4.14. The lowest BCUT2D eigenvalue weighted by Crippen LogP contribution is -2.20. The summed E-state index contributed by atoms with van der Waals surface area (Å²) < 4.78 is 0. The van der Waals surface area contributed by atoms with Crippen molar-refractivity contribution in [3.05, 3.63) is 23.8 Å². The van der Waals surface area contributed by atoms with E-state index in [-0.39, 0.29) is 0 Å². The molecule has 1 aliphatic carbocycles. The van der Waals surface area contributed by atoms with Crippen molar-refractivity contribution in [1.29, 1.82) is 5.26 Å². The highest BCUT2D eigenvalue weighted by Gasteiger charge is 2.17. The van der Waals surface area contributed by atoms with Crippen LogP contribution in [0.1, 0.15) is 38.2 Å². The summed E-state index contributed by atoms with van der Waals surface area (Å²) in [6.07, 6.45) is 5.74. The quantitative estimate of drug-likeness (QED) is 0.810. The topological polar surface area (TPSA) is 61.8 Å². The van der Waals surface area contributed by atoms with Gasteiger partial charge in [0.05, 0.1) is 12.5 Å². The number of nitrogens with zero attached hydrogens (tertiary/aromatic N) is 1. The number of rotatable bonds is 4. The predicted molar refractivity (Wildman–Crippen MR) is 79.8 cm³/mol. The number of nitrogens with one attached hydrogen (secondary N) is 1. The zero-order chi connectivity index (χ0) is 13.7. The summed E-state index contributed by atoms with van der Waals surface area (Å²) in [4.78, 5) is 0. The van der Waals surface area contributed by atoms with Gasteiger partial charge in [-0.3, -0.25) is 0 Å². The lowest BCUT2D eigenvalue weighted by atomic mass is 9.83. The van der Waals surface area contributed by atoms with E-state index in [4.69, 9.17) is 11.0 Å². The maximum atomic E-state index is 8.77. The molecule has 0 heterocycles. The summed E-state index contributed by atoms with van der Waals surface area (Å²) in [6.45, 7) is 3.38. The Morgan fingerprint density at radius 1 is 1.32 bits per heavy atom. The third kappa shape index (κ3) is 3.89. The fourth-order valence-electron chi connectivity index (χ4n) is 2.75. The first-order chi connectivity index (χ1) is 9.19. The molecule has 1 aromatic rings. The molecule has 102 valence electrons. The van der Waals surface area contributed by atoms with E-state index in [1.54, 1.807) is 0 Å².